The van der Waals surface area contributed by atoms with Crippen molar-refractivity contribution in [2.24, 2.45) is 0 Å². The van der Waals surface area contributed by atoms with Crippen LogP contribution in [0.2, 0.25) is 0 Å². The minimum atomic E-state index is 0.0258. The number of nitrogens with one attached hydrogen (secondary N) is 2. The Kier molecular flexibility index (Phi) is 5.59. The highest BCUT2D eigenvalue weighted by molar-refractivity contribution is 5.92. The maximum atomic E-state index is 12.1. The normalized spacial score (nSPS) is 22.8. The summed E-state index contributed by atoms with van der Waals surface area (Å²) in [7, 11) is 1.61. The second-order valence-electron chi connectivity index (χ2n) is 5.65. The van der Waals surface area contributed by atoms with Crippen LogP contribution in [-0.4, -0.2) is 49.6 Å². The molecule has 2 rings (SSSR count). The zero-order valence-electron chi connectivity index (χ0n) is 13.1. The van der Waals surface area contributed by atoms with E-state index in [1.54, 1.807) is 7.11 Å². The summed E-state index contributed by atoms with van der Waals surface area (Å²) < 4.78 is 5.24. The lowest BCUT2D eigenvalue weighted by molar-refractivity contribution is -0.116. The van der Waals surface area contributed by atoms with Crippen molar-refractivity contribution in [3.63, 3.8) is 0 Å². The second kappa shape index (κ2) is 7.43. The summed E-state index contributed by atoms with van der Waals surface area (Å²) in [5, 5.41) is 6.37. The van der Waals surface area contributed by atoms with Crippen molar-refractivity contribution in [3.05, 3.63) is 24.3 Å². The first-order chi connectivity index (χ1) is 10.1. The Morgan fingerprint density at radius 3 is 2.95 bits per heavy atom. The molecule has 0 bridgehead atoms. The fraction of sp³-hybridized carbons (Fsp3) is 0.562. The highest BCUT2D eigenvalue weighted by Crippen LogP contribution is 2.23. The third-order valence-corrected chi connectivity index (χ3v) is 3.90. The molecule has 21 heavy (non-hydrogen) atoms. The smallest absolute Gasteiger partial charge is 0.225 e. The monoisotopic (exact) mass is 291 g/mol. The molecule has 1 heterocycles. The van der Waals surface area contributed by atoms with Crippen LogP contribution in [0.1, 0.15) is 20.3 Å². The van der Waals surface area contributed by atoms with E-state index in [2.05, 4.69) is 29.4 Å². The lowest BCUT2D eigenvalue weighted by atomic mass is 10.1. The summed E-state index contributed by atoms with van der Waals surface area (Å²) in [6.45, 7) is 7.12. The number of piperazine rings is 1. The average molecular weight is 291 g/mol. The third-order valence-electron chi connectivity index (χ3n) is 3.90. The molecule has 0 radical (unpaired) electrons. The van der Waals surface area contributed by atoms with Gasteiger partial charge < -0.3 is 15.4 Å². The van der Waals surface area contributed by atoms with Crippen molar-refractivity contribution >= 4 is 11.6 Å². The second-order valence-corrected chi connectivity index (χ2v) is 5.65. The van der Waals surface area contributed by atoms with Gasteiger partial charge in [-0.3, -0.25) is 9.69 Å². The van der Waals surface area contributed by atoms with Crippen molar-refractivity contribution in [3.8, 4) is 5.75 Å². The Bertz CT molecular complexity index is 478. The summed E-state index contributed by atoms with van der Waals surface area (Å²) in [4.78, 5) is 14.5. The first kappa shape index (κ1) is 15.8. The summed E-state index contributed by atoms with van der Waals surface area (Å²) in [6.07, 6.45) is 0.495. The number of hydrogen-bond acceptors (Lipinski definition) is 4. The zero-order chi connectivity index (χ0) is 15.2. The summed E-state index contributed by atoms with van der Waals surface area (Å²) in [5.74, 6) is 0.716. The van der Waals surface area contributed by atoms with Gasteiger partial charge in [-0.1, -0.05) is 12.1 Å². The molecule has 1 amide bonds. The SMILES string of the molecule is COc1ccccc1NC(=O)CCN1CC(C)NCC1C. The molecule has 1 saturated heterocycles. The molecule has 2 unspecified atom stereocenters. The first-order valence-corrected chi connectivity index (χ1v) is 7.50. The van der Waals surface area contributed by atoms with Crippen molar-refractivity contribution in [2.45, 2.75) is 32.4 Å². The van der Waals surface area contributed by atoms with Gasteiger partial charge >= 0.3 is 0 Å². The molecule has 0 spiro atoms. The van der Waals surface area contributed by atoms with Gasteiger partial charge in [0, 0.05) is 38.1 Å². The molecule has 0 aromatic heterocycles. The van der Waals surface area contributed by atoms with Crippen LogP contribution in [0, 0.1) is 0 Å². The molecule has 2 atom stereocenters. The van der Waals surface area contributed by atoms with Gasteiger partial charge in [-0.05, 0) is 26.0 Å². The largest absolute Gasteiger partial charge is 0.495 e. The number of anilines is 1. The number of carbonyl (C=O) groups is 1. The van der Waals surface area contributed by atoms with Crippen LogP contribution < -0.4 is 15.4 Å². The molecule has 116 valence electrons. The highest BCUT2D eigenvalue weighted by atomic mass is 16.5. The first-order valence-electron chi connectivity index (χ1n) is 7.50. The molecule has 1 aromatic rings. The Labute approximate surface area is 126 Å². The number of nitrogens with zero attached hydrogens (tertiary/aromatic N) is 1. The molecule has 1 aromatic carbocycles. The number of benzene rings is 1. The maximum absolute atomic E-state index is 12.1. The van der Waals surface area contributed by atoms with E-state index in [1.165, 1.54) is 0 Å². The Hall–Kier alpha value is -1.59. The van der Waals surface area contributed by atoms with Crippen LogP contribution in [-0.2, 0) is 4.79 Å². The van der Waals surface area contributed by atoms with E-state index in [-0.39, 0.29) is 5.91 Å². The number of methoxy groups -OCH3 is 1. The maximum Gasteiger partial charge on any atom is 0.225 e. The predicted octanol–water partition coefficient (Wildman–Crippen LogP) is 1.71. The summed E-state index contributed by atoms with van der Waals surface area (Å²) in [5.41, 5.74) is 0.728. The molecule has 5 nitrogen and oxygen atoms in total. The molecular formula is C16H25N3O2. The van der Waals surface area contributed by atoms with Crippen molar-refractivity contribution < 1.29 is 9.53 Å². The molecule has 1 fully saturated rings. The highest BCUT2D eigenvalue weighted by Gasteiger charge is 2.22. The molecule has 1 aliphatic rings. The third kappa shape index (κ3) is 4.44. The van der Waals surface area contributed by atoms with E-state index < -0.39 is 0 Å². The van der Waals surface area contributed by atoms with Crippen LogP contribution in [0.3, 0.4) is 0 Å². The molecular weight excluding hydrogens is 266 g/mol. The molecule has 0 saturated carbocycles. The van der Waals surface area contributed by atoms with E-state index in [9.17, 15) is 4.79 Å². The van der Waals surface area contributed by atoms with E-state index in [4.69, 9.17) is 4.74 Å². The van der Waals surface area contributed by atoms with E-state index in [0.717, 1.165) is 25.3 Å². The fourth-order valence-corrected chi connectivity index (χ4v) is 2.61. The van der Waals surface area contributed by atoms with Crippen LogP contribution in [0.25, 0.3) is 0 Å². The van der Waals surface area contributed by atoms with Crippen LogP contribution in [0.5, 0.6) is 5.75 Å². The van der Waals surface area contributed by atoms with Gasteiger partial charge in [0.05, 0.1) is 12.8 Å². The van der Waals surface area contributed by atoms with Crippen LogP contribution in [0.4, 0.5) is 5.69 Å². The van der Waals surface area contributed by atoms with Crippen molar-refractivity contribution in [2.75, 3.05) is 32.1 Å². The molecule has 5 heteroatoms. The molecule has 2 N–H and O–H groups in total. The minimum Gasteiger partial charge on any atom is -0.495 e. The Morgan fingerprint density at radius 2 is 2.19 bits per heavy atom. The average Bonchev–Trinajstić information content (AvgIpc) is 2.49. The minimum absolute atomic E-state index is 0.0258. The van der Waals surface area contributed by atoms with E-state index in [1.807, 2.05) is 24.3 Å². The van der Waals surface area contributed by atoms with Crippen molar-refractivity contribution in [1.82, 2.24) is 10.2 Å². The zero-order valence-corrected chi connectivity index (χ0v) is 13.1. The van der Waals surface area contributed by atoms with Gasteiger partial charge in [-0.25, -0.2) is 0 Å². The Morgan fingerprint density at radius 1 is 1.43 bits per heavy atom. The van der Waals surface area contributed by atoms with Gasteiger partial charge in [0.2, 0.25) is 5.91 Å². The number of carbonyl (C=O) groups excluding carboxylic acids is 1. The number of para-hydroxylation sites is 2. The summed E-state index contributed by atoms with van der Waals surface area (Å²) >= 11 is 0. The van der Waals surface area contributed by atoms with Gasteiger partial charge in [0.1, 0.15) is 5.75 Å². The number of rotatable bonds is 5. The molecule has 0 aliphatic carbocycles. The predicted molar refractivity (Wildman–Crippen MR) is 84.7 cm³/mol. The van der Waals surface area contributed by atoms with Crippen molar-refractivity contribution in [1.29, 1.82) is 0 Å². The summed E-state index contributed by atoms with van der Waals surface area (Å²) in [6, 6.07) is 8.43. The van der Waals surface area contributed by atoms with Gasteiger partial charge in [-0.2, -0.15) is 0 Å². The van der Waals surface area contributed by atoms with Crippen LogP contribution in [0.15, 0.2) is 24.3 Å². The molecule has 1 aliphatic heterocycles. The number of amides is 1. The van der Waals surface area contributed by atoms with Gasteiger partial charge in [0.15, 0.2) is 0 Å². The van der Waals surface area contributed by atoms with E-state index >= 15 is 0 Å². The van der Waals surface area contributed by atoms with E-state index in [0.29, 0.717) is 24.3 Å². The lowest BCUT2D eigenvalue weighted by Crippen LogP contribution is -2.54. The van der Waals surface area contributed by atoms with Crippen LogP contribution >= 0.6 is 0 Å². The fourth-order valence-electron chi connectivity index (χ4n) is 2.61. The number of hydrogen-bond donors (Lipinski definition) is 2. The standard InChI is InChI=1S/C16H25N3O2/c1-12-11-19(13(2)10-17-12)9-8-16(20)18-14-6-4-5-7-15(14)21-3/h4-7,12-13,17H,8-11H2,1-3H3,(H,18,20). The topological polar surface area (TPSA) is 53.6 Å². The lowest BCUT2D eigenvalue weighted by Gasteiger charge is -2.37. The quantitative estimate of drug-likeness (QED) is 0.867. The van der Waals surface area contributed by atoms with Gasteiger partial charge in [0.25, 0.3) is 0 Å². The number of ether oxygens (including phenoxy) is 1. The Balaban J connectivity index is 1.84. The van der Waals surface area contributed by atoms with Gasteiger partial charge in [-0.15, -0.1) is 0 Å².